The van der Waals surface area contributed by atoms with E-state index in [1.807, 2.05) is 35.4 Å². The molecular formula is C20H27N3O2. The SMILES string of the molecule is CCN1CCOC[C@]2(CCCN(C(=O)c3ccc4cc[nH]c4c3)C2)C1. The third-order valence-corrected chi connectivity index (χ3v) is 5.72. The van der Waals surface area contributed by atoms with Crippen molar-refractivity contribution in [1.29, 1.82) is 0 Å². The van der Waals surface area contributed by atoms with Gasteiger partial charge in [-0.15, -0.1) is 0 Å². The number of likely N-dealkylation sites (N-methyl/N-ethyl adjacent to an activating group) is 1. The lowest BCUT2D eigenvalue weighted by atomic mass is 9.80. The lowest BCUT2D eigenvalue weighted by Gasteiger charge is -2.43. The molecule has 0 aliphatic carbocycles. The molecule has 5 heteroatoms. The number of likely N-dealkylation sites (tertiary alicyclic amines) is 1. The molecule has 0 saturated carbocycles. The Bertz CT molecular complexity index is 756. The maximum absolute atomic E-state index is 13.1. The van der Waals surface area contributed by atoms with Gasteiger partial charge in [0, 0.05) is 48.9 Å². The molecule has 0 bridgehead atoms. The Labute approximate surface area is 148 Å². The molecule has 2 aliphatic heterocycles. The first-order chi connectivity index (χ1) is 12.2. The molecule has 0 unspecified atom stereocenters. The van der Waals surface area contributed by atoms with Gasteiger partial charge in [-0.3, -0.25) is 4.79 Å². The second-order valence-electron chi connectivity index (χ2n) is 7.53. The second kappa shape index (κ2) is 6.81. The number of nitrogens with one attached hydrogen (secondary N) is 1. The number of hydrogen-bond donors (Lipinski definition) is 1. The zero-order valence-corrected chi connectivity index (χ0v) is 15.0. The van der Waals surface area contributed by atoms with E-state index in [0.717, 1.165) is 75.2 Å². The number of fused-ring (bicyclic) bond motifs is 1. The third kappa shape index (κ3) is 3.31. The zero-order valence-electron chi connectivity index (χ0n) is 15.0. The molecule has 0 radical (unpaired) electrons. The molecule has 2 saturated heterocycles. The van der Waals surface area contributed by atoms with E-state index in [4.69, 9.17) is 4.74 Å². The van der Waals surface area contributed by atoms with Crippen molar-refractivity contribution in [2.45, 2.75) is 19.8 Å². The van der Waals surface area contributed by atoms with Gasteiger partial charge in [-0.25, -0.2) is 0 Å². The van der Waals surface area contributed by atoms with E-state index in [1.54, 1.807) is 0 Å². The summed E-state index contributed by atoms with van der Waals surface area (Å²) in [6.07, 6.45) is 4.11. The van der Waals surface area contributed by atoms with Crippen LogP contribution >= 0.6 is 0 Å². The largest absolute Gasteiger partial charge is 0.379 e. The van der Waals surface area contributed by atoms with Crippen molar-refractivity contribution in [2.75, 3.05) is 45.9 Å². The van der Waals surface area contributed by atoms with Crippen molar-refractivity contribution < 1.29 is 9.53 Å². The minimum atomic E-state index is 0.0803. The Kier molecular flexibility index (Phi) is 4.52. The van der Waals surface area contributed by atoms with Crippen LogP contribution in [0.2, 0.25) is 0 Å². The maximum atomic E-state index is 13.1. The number of carbonyl (C=O) groups is 1. The van der Waals surface area contributed by atoms with Gasteiger partial charge in [-0.1, -0.05) is 13.0 Å². The summed E-state index contributed by atoms with van der Waals surface area (Å²) >= 11 is 0. The first kappa shape index (κ1) is 16.6. The van der Waals surface area contributed by atoms with Crippen LogP contribution in [0.15, 0.2) is 30.5 Å². The lowest BCUT2D eigenvalue weighted by molar-refractivity contribution is 0.00767. The van der Waals surface area contributed by atoms with Crippen molar-refractivity contribution >= 4 is 16.8 Å². The van der Waals surface area contributed by atoms with Crippen molar-refractivity contribution in [3.63, 3.8) is 0 Å². The molecule has 1 atom stereocenters. The highest BCUT2D eigenvalue weighted by Gasteiger charge is 2.40. The summed E-state index contributed by atoms with van der Waals surface area (Å²) in [6, 6.07) is 7.97. The average Bonchev–Trinajstić information content (AvgIpc) is 3.03. The molecule has 134 valence electrons. The van der Waals surface area contributed by atoms with Gasteiger partial charge in [0.2, 0.25) is 0 Å². The molecule has 1 aromatic carbocycles. The zero-order chi connectivity index (χ0) is 17.3. The van der Waals surface area contributed by atoms with Crippen molar-refractivity contribution in [1.82, 2.24) is 14.8 Å². The first-order valence-electron chi connectivity index (χ1n) is 9.36. The van der Waals surface area contributed by atoms with Gasteiger partial charge < -0.3 is 19.5 Å². The Balaban J connectivity index is 1.54. The standard InChI is InChI=1S/C20H27N3O2/c1-2-22-10-11-25-15-20(13-22)7-3-9-23(14-20)19(24)17-5-4-16-6-8-21-18(16)12-17/h4-6,8,12,21H,2-3,7,9-11,13-15H2,1H3/t20-/m1/s1. The number of rotatable bonds is 2. The first-order valence-corrected chi connectivity index (χ1v) is 9.36. The van der Waals surface area contributed by atoms with Crippen LogP contribution < -0.4 is 0 Å². The van der Waals surface area contributed by atoms with E-state index in [2.05, 4.69) is 16.8 Å². The number of aromatic amines is 1. The van der Waals surface area contributed by atoms with Gasteiger partial charge in [-0.2, -0.15) is 0 Å². The molecule has 4 rings (SSSR count). The molecule has 3 heterocycles. The number of hydrogen-bond acceptors (Lipinski definition) is 3. The predicted molar refractivity (Wildman–Crippen MR) is 98.8 cm³/mol. The van der Waals surface area contributed by atoms with Gasteiger partial charge in [0.1, 0.15) is 0 Å². The number of carbonyl (C=O) groups excluding carboxylic acids is 1. The molecule has 1 amide bonds. The van der Waals surface area contributed by atoms with Gasteiger partial charge >= 0.3 is 0 Å². The summed E-state index contributed by atoms with van der Waals surface area (Å²) in [5.41, 5.74) is 1.87. The van der Waals surface area contributed by atoms with Gasteiger partial charge in [-0.05, 0) is 43.0 Å². The number of nitrogens with zero attached hydrogens (tertiary/aromatic N) is 2. The van der Waals surface area contributed by atoms with Crippen LogP contribution in [-0.4, -0.2) is 66.6 Å². The highest BCUT2D eigenvalue weighted by atomic mass is 16.5. The van der Waals surface area contributed by atoms with Crippen LogP contribution in [0.1, 0.15) is 30.1 Å². The minimum Gasteiger partial charge on any atom is -0.379 e. The fourth-order valence-corrected chi connectivity index (χ4v) is 4.34. The summed E-state index contributed by atoms with van der Waals surface area (Å²) < 4.78 is 5.92. The van der Waals surface area contributed by atoms with E-state index in [1.165, 1.54) is 0 Å². The van der Waals surface area contributed by atoms with Crippen LogP contribution in [0.25, 0.3) is 10.9 Å². The van der Waals surface area contributed by atoms with Crippen molar-refractivity contribution in [3.8, 4) is 0 Å². The van der Waals surface area contributed by atoms with Crippen LogP contribution in [0.3, 0.4) is 0 Å². The second-order valence-corrected chi connectivity index (χ2v) is 7.53. The molecule has 25 heavy (non-hydrogen) atoms. The van der Waals surface area contributed by atoms with Gasteiger partial charge in [0.15, 0.2) is 0 Å². The van der Waals surface area contributed by atoms with Gasteiger partial charge in [0.25, 0.3) is 5.91 Å². The van der Waals surface area contributed by atoms with Crippen molar-refractivity contribution in [3.05, 3.63) is 36.0 Å². The molecular weight excluding hydrogens is 314 g/mol. The quantitative estimate of drug-likeness (QED) is 0.914. The highest BCUT2D eigenvalue weighted by Crippen LogP contribution is 2.33. The Morgan fingerprint density at radius 1 is 1.28 bits per heavy atom. The molecule has 1 spiro atoms. The predicted octanol–water partition coefficient (Wildman–Crippen LogP) is 2.74. The van der Waals surface area contributed by atoms with Crippen LogP contribution in [0, 0.1) is 5.41 Å². The van der Waals surface area contributed by atoms with E-state index in [9.17, 15) is 4.79 Å². The van der Waals surface area contributed by atoms with Gasteiger partial charge in [0.05, 0.1) is 13.2 Å². The minimum absolute atomic E-state index is 0.0803. The Morgan fingerprint density at radius 2 is 2.20 bits per heavy atom. The van der Waals surface area contributed by atoms with E-state index >= 15 is 0 Å². The fourth-order valence-electron chi connectivity index (χ4n) is 4.34. The number of amides is 1. The molecule has 1 aromatic heterocycles. The fraction of sp³-hybridized carbons (Fsp3) is 0.550. The topological polar surface area (TPSA) is 48.6 Å². The normalized spacial score (nSPS) is 25.4. The molecule has 2 aromatic rings. The molecule has 1 N–H and O–H groups in total. The van der Waals surface area contributed by atoms with Crippen molar-refractivity contribution in [2.24, 2.45) is 5.41 Å². The number of benzene rings is 1. The molecule has 5 nitrogen and oxygen atoms in total. The summed E-state index contributed by atoms with van der Waals surface area (Å²) in [6.45, 7) is 8.48. The third-order valence-electron chi connectivity index (χ3n) is 5.72. The van der Waals surface area contributed by atoms with Crippen LogP contribution in [0.5, 0.6) is 0 Å². The summed E-state index contributed by atoms with van der Waals surface area (Å²) in [5, 5.41) is 1.14. The maximum Gasteiger partial charge on any atom is 0.253 e. The molecule has 2 aliphatic rings. The molecule has 2 fully saturated rings. The average molecular weight is 341 g/mol. The number of piperidine rings is 1. The highest BCUT2D eigenvalue weighted by molar-refractivity contribution is 5.98. The summed E-state index contributed by atoms with van der Waals surface area (Å²) in [4.78, 5) is 20.8. The Morgan fingerprint density at radius 3 is 3.08 bits per heavy atom. The number of ether oxygens (including phenoxy) is 1. The monoisotopic (exact) mass is 341 g/mol. The number of aromatic nitrogens is 1. The lowest BCUT2D eigenvalue weighted by Crippen LogP contribution is -2.52. The summed E-state index contributed by atoms with van der Waals surface area (Å²) in [5.74, 6) is 0.142. The Hall–Kier alpha value is -1.85. The van der Waals surface area contributed by atoms with Crippen LogP contribution in [-0.2, 0) is 4.74 Å². The van der Waals surface area contributed by atoms with E-state index in [-0.39, 0.29) is 11.3 Å². The number of H-pyrrole nitrogens is 1. The summed E-state index contributed by atoms with van der Waals surface area (Å²) in [7, 11) is 0. The van der Waals surface area contributed by atoms with Crippen LogP contribution in [0.4, 0.5) is 0 Å². The smallest absolute Gasteiger partial charge is 0.253 e. The van der Waals surface area contributed by atoms with E-state index < -0.39 is 0 Å². The van der Waals surface area contributed by atoms with E-state index in [0.29, 0.717) is 0 Å².